The van der Waals surface area contributed by atoms with Crippen molar-refractivity contribution in [2.24, 2.45) is 0 Å². The molecule has 19 heavy (non-hydrogen) atoms. The van der Waals surface area contributed by atoms with Crippen LogP contribution in [0.3, 0.4) is 0 Å². The number of hydrogen-bond acceptors (Lipinski definition) is 2. The Kier molecular flexibility index (Phi) is 5.37. The second kappa shape index (κ2) is 6.82. The highest BCUT2D eigenvalue weighted by atomic mass is 79.9. The van der Waals surface area contributed by atoms with Crippen LogP contribution in [0.15, 0.2) is 22.7 Å². The summed E-state index contributed by atoms with van der Waals surface area (Å²) in [6.45, 7) is 5.14. The molecule has 1 aromatic rings. The van der Waals surface area contributed by atoms with E-state index >= 15 is 0 Å². The van der Waals surface area contributed by atoms with E-state index in [1.54, 1.807) is 0 Å². The first-order chi connectivity index (χ1) is 9.10. The number of hydrogen-bond donors (Lipinski definition) is 1. The lowest BCUT2D eigenvalue weighted by molar-refractivity contribution is 0.0324. The smallest absolute Gasteiger partial charge is 0.137 e. The third-order valence-electron chi connectivity index (χ3n) is 3.62. The van der Waals surface area contributed by atoms with E-state index in [-0.39, 0.29) is 11.9 Å². The third-order valence-corrected chi connectivity index (χ3v) is 4.23. The summed E-state index contributed by atoms with van der Waals surface area (Å²) in [5.74, 6) is -0.213. The number of ether oxygens (including phenoxy) is 1. The summed E-state index contributed by atoms with van der Waals surface area (Å²) in [4.78, 5) is 0. The lowest BCUT2D eigenvalue weighted by Crippen LogP contribution is -2.41. The summed E-state index contributed by atoms with van der Waals surface area (Å²) in [7, 11) is 0. The zero-order valence-electron chi connectivity index (χ0n) is 11.5. The molecule has 0 aromatic heterocycles. The Morgan fingerprint density at radius 1 is 1.47 bits per heavy atom. The largest absolute Gasteiger partial charge is 0.374 e. The first-order valence-electron chi connectivity index (χ1n) is 6.93. The van der Waals surface area contributed by atoms with Crippen molar-refractivity contribution in [1.82, 2.24) is 5.32 Å². The van der Waals surface area contributed by atoms with Gasteiger partial charge >= 0.3 is 0 Å². The molecule has 0 bridgehead atoms. The van der Waals surface area contributed by atoms with Gasteiger partial charge in [0.05, 0.1) is 16.7 Å². The highest BCUT2D eigenvalue weighted by Crippen LogP contribution is 2.25. The van der Waals surface area contributed by atoms with Crippen LogP contribution in [0.5, 0.6) is 0 Å². The number of nitrogens with one attached hydrogen (secondary N) is 1. The predicted octanol–water partition coefficient (Wildman–Crippen LogP) is 3.68. The minimum absolute atomic E-state index is 0.213. The van der Waals surface area contributed by atoms with Gasteiger partial charge in [0, 0.05) is 6.04 Å². The maximum absolute atomic E-state index is 13.2. The molecule has 0 saturated carbocycles. The fourth-order valence-corrected chi connectivity index (χ4v) is 3.07. The van der Waals surface area contributed by atoms with Gasteiger partial charge in [-0.2, -0.15) is 0 Å². The third kappa shape index (κ3) is 4.01. The zero-order valence-corrected chi connectivity index (χ0v) is 13.0. The Bertz CT molecular complexity index is 427. The number of benzene rings is 1. The molecule has 4 heteroatoms. The highest BCUT2D eigenvalue weighted by Gasteiger charge is 2.29. The van der Waals surface area contributed by atoms with Crippen LogP contribution in [0.1, 0.15) is 32.3 Å². The standard InChI is InChI=1S/C15H21BrFNO/c1-3-18-14(15-7-4-10(2)19-15)9-11-5-6-13(17)12(16)8-11/h5-6,8,10,14-15,18H,3-4,7,9H2,1-2H3. The van der Waals surface area contributed by atoms with Crippen molar-refractivity contribution in [2.75, 3.05) is 6.54 Å². The van der Waals surface area contributed by atoms with Crippen LogP contribution in [0.2, 0.25) is 0 Å². The average molecular weight is 330 g/mol. The van der Waals surface area contributed by atoms with Crippen molar-refractivity contribution < 1.29 is 9.13 Å². The van der Waals surface area contributed by atoms with Gasteiger partial charge in [-0.15, -0.1) is 0 Å². The molecular weight excluding hydrogens is 309 g/mol. The van der Waals surface area contributed by atoms with Gasteiger partial charge in [0.15, 0.2) is 0 Å². The van der Waals surface area contributed by atoms with Crippen LogP contribution >= 0.6 is 15.9 Å². The van der Waals surface area contributed by atoms with Crippen molar-refractivity contribution >= 4 is 15.9 Å². The van der Waals surface area contributed by atoms with E-state index in [9.17, 15) is 4.39 Å². The SMILES string of the molecule is CCNC(Cc1ccc(F)c(Br)c1)C1CCC(C)O1. The van der Waals surface area contributed by atoms with Crippen LogP contribution in [0.25, 0.3) is 0 Å². The molecule has 0 amide bonds. The van der Waals surface area contributed by atoms with Crippen molar-refractivity contribution in [3.05, 3.63) is 34.1 Å². The Balaban J connectivity index is 2.05. The van der Waals surface area contributed by atoms with Crippen molar-refractivity contribution in [2.45, 2.75) is 51.4 Å². The lowest BCUT2D eigenvalue weighted by Gasteiger charge is -2.24. The van der Waals surface area contributed by atoms with Gasteiger partial charge in [0.1, 0.15) is 5.82 Å². The van der Waals surface area contributed by atoms with Crippen LogP contribution in [0, 0.1) is 5.82 Å². The molecule has 1 aromatic carbocycles. The van der Waals surface area contributed by atoms with E-state index < -0.39 is 0 Å². The van der Waals surface area contributed by atoms with Gasteiger partial charge < -0.3 is 10.1 Å². The first kappa shape index (κ1) is 14.9. The van der Waals surface area contributed by atoms with Gasteiger partial charge in [0.25, 0.3) is 0 Å². The van der Waals surface area contributed by atoms with Gasteiger partial charge in [0.2, 0.25) is 0 Å². The van der Waals surface area contributed by atoms with Crippen LogP contribution < -0.4 is 5.32 Å². The Morgan fingerprint density at radius 3 is 2.84 bits per heavy atom. The van der Waals surface area contributed by atoms with Crippen molar-refractivity contribution in [3.63, 3.8) is 0 Å². The second-order valence-electron chi connectivity index (χ2n) is 5.18. The number of halogens is 2. The molecule has 1 heterocycles. The molecular formula is C15H21BrFNO. The Labute approximate surface area is 122 Å². The van der Waals surface area contributed by atoms with E-state index in [0.717, 1.165) is 31.4 Å². The lowest BCUT2D eigenvalue weighted by atomic mass is 9.99. The Hall–Kier alpha value is -0.450. The molecule has 106 valence electrons. The second-order valence-corrected chi connectivity index (χ2v) is 6.03. The minimum Gasteiger partial charge on any atom is -0.374 e. The van der Waals surface area contributed by atoms with Gasteiger partial charge in [-0.25, -0.2) is 4.39 Å². The quantitative estimate of drug-likeness (QED) is 0.889. The maximum atomic E-state index is 13.2. The highest BCUT2D eigenvalue weighted by molar-refractivity contribution is 9.10. The molecule has 1 fully saturated rings. The molecule has 2 rings (SSSR count). The fraction of sp³-hybridized carbons (Fsp3) is 0.600. The molecule has 0 radical (unpaired) electrons. The predicted molar refractivity (Wildman–Crippen MR) is 78.8 cm³/mol. The van der Waals surface area contributed by atoms with E-state index in [4.69, 9.17) is 4.74 Å². The molecule has 3 unspecified atom stereocenters. The van der Waals surface area contributed by atoms with Crippen molar-refractivity contribution in [3.8, 4) is 0 Å². The zero-order chi connectivity index (χ0) is 13.8. The summed E-state index contributed by atoms with van der Waals surface area (Å²) in [5.41, 5.74) is 1.13. The molecule has 1 aliphatic rings. The molecule has 0 spiro atoms. The topological polar surface area (TPSA) is 21.3 Å². The maximum Gasteiger partial charge on any atom is 0.137 e. The summed E-state index contributed by atoms with van der Waals surface area (Å²) in [6.07, 6.45) is 3.70. The van der Waals surface area contributed by atoms with Gasteiger partial charge in [-0.05, 0) is 66.4 Å². The summed E-state index contributed by atoms with van der Waals surface area (Å²) < 4.78 is 19.7. The molecule has 1 saturated heterocycles. The van der Waals surface area contributed by atoms with E-state index in [1.807, 2.05) is 12.1 Å². The van der Waals surface area contributed by atoms with E-state index in [1.165, 1.54) is 6.07 Å². The van der Waals surface area contributed by atoms with Crippen LogP contribution in [0.4, 0.5) is 4.39 Å². The van der Waals surface area contributed by atoms with Crippen LogP contribution in [-0.2, 0) is 11.2 Å². The molecule has 2 nitrogen and oxygen atoms in total. The number of rotatable bonds is 5. The Morgan fingerprint density at radius 2 is 2.26 bits per heavy atom. The first-order valence-corrected chi connectivity index (χ1v) is 7.72. The molecule has 1 N–H and O–H groups in total. The van der Waals surface area contributed by atoms with Crippen molar-refractivity contribution in [1.29, 1.82) is 0 Å². The summed E-state index contributed by atoms with van der Waals surface area (Å²) in [6, 6.07) is 5.52. The average Bonchev–Trinajstić information content (AvgIpc) is 2.80. The fourth-order valence-electron chi connectivity index (χ4n) is 2.65. The van der Waals surface area contributed by atoms with E-state index in [2.05, 4.69) is 35.1 Å². The minimum atomic E-state index is -0.213. The molecule has 3 atom stereocenters. The van der Waals surface area contributed by atoms with Crippen LogP contribution in [-0.4, -0.2) is 24.8 Å². The normalized spacial score (nSPS) is 24.6. The number of likely N-dealkylation sites (N-methyl/N-ethyl adjacent to an activating group) is 1. The monoisotopic (exact) mass is 329 g/mol. The summed E-state index contributed by atoms with van der Waals surface area (Å²) >= 11 is 3.24. The summed E-state index contributed by atoms with van der Waals surface area (Å²) in [5, 5.41) is 3.49. The molecule has 1 aliphatic heterocycles. The van der Waals surface area contributed by atoms with Gasteiger partial charge in [-0.1, -0.05) is 13.0 Å². The van der Waals surface area contributed by atoms with Gasteiger partial charge in [-0.3, -0.25) is 0 Å². The molecule has 0 aliphatic carbocycles. The van der Waals surface area contributed by atoms with E-state index in [0.29, 0.717) is 16.6 Å².